The van der Waals surface area contributed by atoms with Crippen LogP contribution in [0.1, 0.15) is 38.5 Å². The zero-order valence-corrected chi connectivity index (χ0v) is 8.24. The second-order valence-corrected chi connectivity index (χ2v) is 4.03. The summed E-state index contributed by atoms with van der Waals surface area (Å²) in [6.45, 7) is 0. The van der Waals surface area contributed by atoms with Crippen molar-refractivity contribution in [3.05, 3.63) is 12.2 Å². The Hall–Kier alpha value is -1.12. The smallest absolute Gasteiger partial charge is 0.253 e. The average molecular weight is 193 g/mol. The van der Waals surface area contributed by atoms with Gasteiger partial charge in [0.25, 0.3) is 11.8 Å². The van der Waals surface area contributed by atoms with Gasteiger partial charge in [0, 0.05) is 18.2 Å². The van der Waals surface area contributed by atoms with Crippen LogP contribution in [0, 0.1) is 0 Å². The summed E-state index contributed by atoms with van der Waals surface area (Å²) in [5, 5.41) is 0. The number of nitrogens with zero attached hydrogens (tertiary/aromatic N) is 1. The van der Waals surface area contributed by atoms with E-state index >= 15 is 0 Å². The van der Waals surface area contributed by atoms with Crippen molar-refractivity contribution in [1.29, 1.82) is 0 Å². The Bertz CT molecular complexity index is 257. The molecule has 0 spiro atoms. The first-order valence-electron chi connectivity index (χ1n) is 5.34. The second kappa shape index (κ2) is 3.95. The molecule has 1 aliphatic heterocycles. The zero-order valence-electron chi connectivity index (χ0n) is 8.24. The minimum atomic E-state index is -0.123. The van der Waals surface area contributed by atoms with Crippen LogP contribution in [0.3, 0.4) is 0 Å². The van der Waals surface area contributed by atoms with Crippen LogP contribution in [0.5, 0.6) is 0 Å². The van der Waals surface area contributed by atoms with Crippen molar-refractivity contribution < 1.29 is 9.59 Å². The van der Waals surface area contributed by atoms with E-state index < -0.39 is 0 Å². The molecule has 0 bridgehead atoms. The van der Waals surface area contributed by atoms with Gasteiger partial charge in [0.2, 0.25) is 0 Å². The van der Waals surface area contributed by atoms with Crippen LogP contribution in [-0.4, -0.2) is 22.8 Å². The number of hydrogen-bond donors (Lipinski definition) is 0. The van der Waals surface area contributed by atoms with Gasteiger partial charge in [0.15, 0.2) is 0 Å². The summed E-state index contributed by atoms with van der Waals surface area (Å²) >= 11 is 0. The van der Waals surface area contributed by atoms with Crippen molar-refractivity contribution in [2.45, 2.75) is 44.6 Å². The number of hydrogen-bond acceptors (Lipinski definition) is 2. The molecule has 2 aliphatic rings. The van der Waals surface area contributed by atoms with Gasteiger partial charge in [-0.2, -0.15) is 0 Å². The average Bonchev–Trinajstić information content (AvgIpc) is 2.45. The Kier molecular flexibility index (Phi) is 2.66. The summed E-state index contributed by atoms with van der Waals surface area (Å²) in [6.07, 6.45) is 9.49. The molecule has 1 saturated carbocycles. The molecule has 3 nitrogen and oxygen atoms in total. The highest BCUT2D eigenvalue weighted by atomic mass is 16.2. The van der Waals surface area contributed by atoms with Gasteiger partial charge in [-0.25, -0.2) is 0 Å². The van der Waals surface area contributed by atoms with Gasteiger partial charge >= 0.3 is 0 Å². The number of rotatable bonds is 1. The van der Waals surface area contributed by atoms with E-state index in [2.05, 4.69) is 0 Å². The van der Waals surface area contributed by atoms with Gasteiger partial charge in [-0.3, -0.25) is 14.5 Å². The van der Waals surface area contributed by atoms with E-state index in [0.29, 0.717) is 0 Å². The van der Waals surface area contributed by atoms with E-state index in [1.54, 1.807) is 0 Å². The normalized spacial score (nSPS) is 24.4. The maximum atomic E-state index is 11.4. The van der Waals surface area contributed by atoms with Gasteiger partial charge < -0.3 is 0 Å². The van der Waals surface area contributed by atoms with Gasteiger partial charge in [-0.05, 0) is 12.8 Å². The lowest BCUT2D eigenvalue weighted by molar-refractivity contribution is -0.139. The van der Waals surface area contributed by atoms with E-state index in [1.165, 1.54) is 29.9 Å². The first-order chi connectivity index (χ1) is 6.79. The SMILES string of the molecule is O=C1C=CC(=O)N1C1CCCCCC1. The van der Waals surface area contributed by atoms with Crippen molar-refractivity contribution in [1.82, 2.24) is 4.90 Å². The predicted molar refractivity (Wildman–Crippen MR) is 52.5 cm³/mol. The molecule has 2 amide bonds. The molecule has 1 fully saturated rings. The monoisotopic (exact) mass is 193 g/mol. The van der Waals surface area contributed by atoms with Crippen LogP contribution >= 0.6 is 0 Å². The molecule has 3 heteroatoms. The highest BCUT2D eigenvalue weighted by Gasteiger charge is 2.30. The molecular formula is C11H15NO2. The first-order valence-corrected chi connectivity index (χ1v) is 5.34. The number of amides is 2. The molecule has 14 heavy (non-hydrogen) atoms. The van der Waals surface area contributed by atoms with E-state index in [4.69, 9.17) is 0 Å². The molecule has 1 heterocycles. The van der Waals surface area contributed by atoms with Crippen LogP contribution in [0.2, 0.25) is 0 Å². The van der Waals surface area contributed by atoms with Gasteiger partial charge in [0.1, 0.15) is 0 Å². The fraction of sp³-hybridized carbons (Fsp3) is 0.636. The summed E-state index contributed by atoms with van der Waals surface area (Å²) in [7, 11) is 0. The molecule has 0 N–H and O–H groups in total. The Morgan fingerprint density at radius 1 is 0.929 bits per heavy atom. The molecule has 0 aromatic rings. The van der Waals surface area contributed by atoms with Crippen LogP contribution in [-0.2, 0) is 9.59 Å². The molecule has 0 atom stereocenters. The molecular weight excluding hydrogens is 178 g/mol. The summed E-state index contributed by atoms with van der Waals surface area (Å²) in [6, 6.07) is 0.160. The summed E-state index contributed by atoms with van der Waals surface area (Å²) < 4.78 is 0. The van der Waals surface area contributed by atoms with Gasteiger partial charge in [-0.15, -0.1) is 0 Å². The van der Waals surface area contributed by atoms with Crippen molar-refractivity contribution in [3.8, 4) is 0 Å². The van der Waals surface area contributed by atoms with E-state index in [9.17, 15) is 9.59 Å². The molecule has 0 unspecified atom stereocenters. The van der Waals surface area contributed by atoms with Crippen LogP contribution < -0.4 is 0 Å². The topological polar surface area (TPSA) is 37.4 Å². The van der Waals surface area contributed by atoms with E-state index in [1.807, 2.05) is 0 Å². The standard InChI is InChI=1S/C11H15NO2/c13-10-7-8-11(14)12(10)9-5-3-1-2-4-6-9/h7-9H,1-6H2. The molecule has 0 aromatic heterocycles. The van der Waals surface area contributed by atoms with Gasteiger partial charge in [0.05, 0.1) is 0 Å². The molecule has 0 radical (unpaired) electrons. The third-order valence-corrected chi connectivity index (χ3v) is 3.03. The van der Waals surface area contributed by atoms with Crippen molar-refractivity contribution in [2.75, 3.05) is 0 Å². The molecule has 2 rings (SSSR count). The minimum Gasteiger partial charge on any atom is -0.272 e. The van der Waals surface area contributed by atoms with E-state index in [-0.39, 0.29) is 17.9 Å². The van der Waals surface area contributed by atoms with Crippen LogP contribution in [0.15, 0.2) is 12.2 Å². The van der Waals surface area contributed by atoms with Gasteiger partial charge in [-0.1, -0.05) is 25.7 Å². The summed E-state index contributed by atoms with van der Waals surface area (Å²) in [5.41, 5.74) is 0. The molecule has 1 aliphatic carbocycles. The van der Waals surface area contributed by atoms with E-state index in [0.717, 1.165) is 25.7 Å². The van der Waals surface area contributed by atoms with Crippen LogP contribution in [0.4, 0.5) is 0 Å². The Labute approximate surface area is 83.8 Å². The fourth-order valence-electron chi connectivity index (χ4n) is 2.29. The largest absolute Gasteiger partial charge is 0.272 e. The quantitative estimate of drug-likeness (QED) is 0.469. The Morgan fingerprint density at radius 3 is 1.93 bits per heavy atom. The predicted octanol–water partition coefficient (Wildman–Crippen LogP) is 1.63. The Balaban J connectivity index is 2.06. The first kappa shape index (κ1) is 9.44. The maximum Gasteiger partial charge on any atom is 0.253 e. The minimum absolute atomic E-state index is 0.123. The number of carbonyl (C=O) groups excluding carboxylic acids is 2. The van der Waals surface area contributed by atoms with Crippen molar-refractivity contribution >= 4 is 11.8 Å². The lowest BCUT2D eigenvalue weighted by Gasteiger charge is -2.24. The van der Waals surface area contributed by atoms with Crippen LogP contribution in [0.25, 0.3) is 0 Å². The van der Waals surface area contributed by atoms with Crippen molar-refractivity contribution in [3.63, 3.8) is 0 Å². The fourth-order valence-corrected chi connectivity index (χ4v) is 2.29. The number of imide groups is 1. The summed E-state index contributed by atoms with van der Waals surface area (Å²) in [4.78, 5) is 24.3. The molecule has 0 aromatic carbocycles. The lowest BCUT2D eigenvalue weighted by atomic mass is 10.1. The number of carbonyl (C=O) groups is 2. The second-order valence-electron chi connectivity index (χ2n) is 4.03. The third-order valence-electron chi connectivity index (χ3n) is 3.03. The lowest BCUT2D eigenvalue weighted by Crippen LogP contribution is -2.39. The third kappa shape index (κ3) is 1.72. The zero-order chi connectivity index (χ0) is 9.97. The summed E-state index contributed by atoms with van der Waals surface area (Å²) in [5.74, 6) is -0.246. The Morgan fingerprint density at radius 2 is 1.43 bits per heavy atom. The van der Waals surface area contributed by atoms with Crippen molar-refractivity contribution in [2.24, 2.45) is 0 Å². The maximum absolute atomic E-state index is 11.4. The molecule has 76 valence electrons. The highest BCUT2D eigenvalue weighted by molar-refractivity contribution is 6.13. The molecule has 0 saturated heterocycles. The highest BCUT2D eigenvalue weighted by Crippen LogP contribution is 2.24.